The number of nitrogens with one attached hydrogen (secondary N) is 1. The SMILES string of the molecule is COc1cc(OC)cc(OCCNC(=O)C(C)C(N)c2ccccc2)c1.Cl. The number of hydrogen-bond acceptors (Lipinski definition) is 5. The number of halogens is 1. The highest BCUT2D eigenvalue weighted by molar-refractivity contribution is 5.85. The van der Waals surface area contributed by atoms with E-state index in [0.717, 1.165) is 5.56 Å². The molecule has 0 saturated heterocycles. The molecule has 0 aliphatic heterocycles. The van der Waals surface area contributed by atoms with Gasteiger partial charge in [-0.2, -0.15) is 0 Å². The zero-order valence-electron chi connectivity index (χ0n) is 15.8. The molecule has 0 radical (unpaired) electrons. The molecule has 0 aliphatic carbocycles. The standard InChI is InChI=1S/C20H26N2O4.ClH/c1-14(19(21)15-7-5-4-6-8-15)20(23)22-9-10-26-18-12-16(24-2)11-17(13-18)25-3;/h4-8,11-14,19H,9-10,21H2,1-3H3,(H,22,23);1H. The van der Waals surface area contributed by atoms with Crippen LogP contribution in [0.4, 0.5) is 0 Å². The van der Waals surface area contributed by atoms with Crippen LogP contribution in [0.25, 0.3) is 0 Å². The number of benzene rings is 2. The van der Waals surface area contributed by atoms with Gasteiger partial charge in [0.1, 0.15) is 23.9 Å². The molecule has 0 spiro atoms. The molecular weight excluding hydrogens is 368 g/mol. The molecule has 2 rings (SSSR count). The lowest BCUT2D eigenvalue weighted by molar-refractivity contribution is -0.125. The van der Waals surface area contributed by atoms with Crippen LogP contribution in [0.5, 0.6) is 17.2 Å². The van der Waals surface area contributed by atoms with Crippen molar-refractivity contribution >= 4 is 18.3 Å². The van der Waals surface area contributed by atoms with E-state index in [1.807, 2.05) is 37.3 Å². The minimum absolute atomic E-state index is 0. The van der Waals surface area contributed by atoms with E-state index in [0.29, 0.717) is 30.4 Å². The minimum atomic E-state index is -0.347. The lowest BCUT2D eigenvalue weighted by atomic mass is 9.95. The van der Waals surface area contributed by atoms with Crippen LogP contribution in [0.15, 0.2) is 48.5 Å². The first-order chi connectivity index (χ1) is 12.5. The van der Waals surface area contributed by atoms with Crippen LogP contribution in [0.1, 0.15) is 18.5 Å². The van der Waals surface area contributed by atoms with Crippen molar-refractivity contribution in [2.45, 2.75) is 13.0 Å². The number of amides is 1. The zero-order valence-corrected chi connectivity index (χ0v) is 16.6. The number of carbonyl (C=O) groups is 1. The van der Waals surface area contributed by atoms with Crippen molar-refractivity contribution < 1.29 is 19.0 Å². The molecule has 2 atom stereocenters. The summed E-state index contributed by atoms with van der Waals surface area (Å²) in [6.07, 6.45) is 0. The second-order valence-electron chi connectivity index (χ2n) is 5.91. The van der Waals surface area contributed by atoms with Gasteiger partial charge in [0.2, 0.25) is 5.91 Å². The van der Waals surface area contributed by atoms with Gasteiger partial charge in [-0.1, -0.05) is 37.3 Å². The molecule has 6 nitrogen and oxygen atoms in total. The third kappa shape index (κ3) is 6.66. The van der Waals surface area contributed by atoms with E-state index < -0.39 is 0 Å². The van der Waals surface area contributed by atoms with Gasteiger partial charge in [-0.3, -0.25) is 4.79 Å². The fraction of sp³-hybridized carbons (Fsp3) is 0.350. The highest BCUT2D eigenvalue weighted by atomic mass is 35.5. The Bertz CT molecular complexity index is 690. The number of rotatable bonds is 9. The number of methoxy groups -OCH3 is 2. The van der Waals surface area contributed by atoms with Gasteiger partial charge in [-0.25, -0.2) is 0 Å². The largest absolute Gasteiger partial charge is 0.496 e. The van der Waals surface area contributed by atoms with Gasteiger partial charge in [-0.15, -0.1) is 12.4 Å². The normalized spacial score (nSPS) is 12.3. The molecule has 1 amide bonds. The fourth-order valence-electron chi connectivity index (χ4n) is 2.50. The van der Waals surface area contributed by atoms with Gasteiger partial charge in [0.05, 0.1) is 26.7 Å². The van der Waals surface area contributed by atoms with E-state index in [1.165, 1.54) is 0 Å². The van der Waals surface area contributed by atoms with E-state index in [4.69, 9.17) is 19.9 Å². The Balaban J connectivity index is 0.00000364. The maximum absolute atomic E-state index is 12.3. The summed E-state index contributed by atoms with van der Waals surface area (Å²) in [7, 11) is 3.16. The van der Waals surface area contributed by atoms with Crippen LogP contribution >= 0.6 is 12.4 Å². The van der Waals surface area contributed by atoms with E-state index in [9.17, 15) is 4.79 Å². The number of ether oxygens (including phenoxy) is 3. The van der Waals surface area contributed by atoms with Crippen LogP contribution in [0.3, 0.4) is 0 Å². The smallest absolute Gasteiger partial charge is 0.224 e. The van der Waals surface area contributed by atoms with Crippen molar-refractivity contribution in [3.05, 3.63) is 54.1 Å². The van der Waals surface area contributed by atoms with Gasteiger partial charge in [-0.05, 0) is 5.56 Å². The topological polar surface area (TPSA) is 82.8 Å². The first-order valence-electron chi connectivity index (χ1n) is 8.49. The Morgan fingerprint density at radius 3 is 2.15 bits per heavy atom. The Morgan fingerprint density at radius 1 is 1.04 bits per heavy atom. The molecule has 0 aromatic heterocycles. The average Bonchev–Trinajstić information content (AvgIpc) is 2.70. The molecule has 0 aliphatic rings. The van der Waals surface area contributed by atoms with Gasteiger partial charge in [0.15, 0.2) is 0 Å². The van der Waals surface area contributed by atoms with E-state index in [1.54, 1.807) is 32.4 Å². The first-order valence-corrected chi connectivity index (χ1v) is 8.49. The van der Waals surface area contributed by atoms with Crippen LogP contribution in [-0.2, 0) is 4.79 Å². The summed E-state index contributed by atoms with van der Waals surface area (Å²) in [5.74, 6) is 1.46. The van der Waals surface area contributed by atoms with Crippen LogP contribution in [-0.4, -0.2) is 33.3 Å². The average molecular weight is 395 g/mol. The molecule has 2 aromatic rings. The van der Waals surface area contributed by atoms with Crippen molar-refractivity contribution in [3.63, 3.8) is 0 Å². The maximum Gasteiger partial charge on any atom is 0.224 e. The van der Waals surface area contributed by atoms with Crippen molar-refractivity contribution in [1.82, 2.24) is 5.32 Å². The molecule has 2 unspecified atom stereocenters. The third-order valence-corrected chi connectivity index (χ3v) is 4.13. The molecule has 0 fully saturated rings. The summed E-state index contributed by atoms with van der Waals surface area (Å²) >= 11 is 0. The second-order valence-corrected chi connectivity index (χ2v) is 5.91. The number of hydrogen-bond donors (Lipinski definition) is 2. The summed E-state index contributed by atoms with van der Waals surface area (Å²) < 4.78 is 16.1. The molecule has 0 saturated carbocycles. The fourth-order valence-corrected chi connectivity index (χ4v) is 2.50. The van der Waals surface area contributed by atoms with E-state index in [2.05, 4.69) is 5.32 Å². The molecule has 2 aromatic carbocycles. The van der Waals surface area contributed by atoms with Crippen LogP contribution < -0.4 is 25.3 Å². The van der Waals surface area contributed by atoms with Crippen molar-refractivity contribution in [2.24, 2.45) is 11.7 Å². The highest BCUT2D eigenvalue weighted by Crippen LogP contribution is 2.27. The molecule has 7 heteroatoms. The molecule has 0 bridgehead atoms. The Morgan fingerprint density at radius 2 is 1.59 bits per heavy atom. The monoisotopic (exact) mass is 394 g/mol. The summed E-state index contributed by atoms with van der Waals surface area (Å²) in [4.78, 5) is 12.3. The lowest BCUT2D eigenvalue weighted by Gasteiger charge is -2.20. The minimum Gasteiger partial charge on any atom is -0.496 e. The van der Waals surface area contributed by atoms with Gasteiger partial charge >= 0.3 is 0 Å². The summed E-state index contributed by atoms with van der Waals surface area (Å²) in [6, 6.07) is 14.5. The summed E-state index contributed by atoms with van der Waals surface area (Å²) in [5, 5.41) is 2.85. The second kappa shape index (κ2) is 11.3. The van der Waals surface area contributed by atoms with Crippen molar-refractivity contribution in [3.8, 4) is 17.2 Å². The van der Waals surface area contributed by atoms with E-state index >= 15 is 0 Å². The Labute approximate surface area is 166 Å². The maximum atomic E-state index is 12.3. The summed E-state index contributed by atoms with van der Waals surface area (Å²) in [5.41, 5.74) is 7.12. The highest BCUT2D eigenvalue weighted by Gasteiger charge is 2.21. The van der Waals surface area contributed by atoms with Gasteiger partial charge in [0.25, 0.3) is 0 Å². The van der Waals surface area contributed by atoms with E-state index in [-0.39, 0.29) is 30.3 Å². The number of carbonyl (C=O) groups excluding carboxylic acids is 1. The molecule has 3 N–H and O–H groups in total. The molecular formula is C20H27ClN2O4. The number of nitrogens with two attached hydrogens (primary N) is 1. The van der Waals surface area contributed by atoms with Gasteiger partial charge in [0, 0.05) is 24.2 Å². The lowest BCUT2D eigenvalue weighted by Crippen LogP contribution is -2.37. The Kier molecular flexibility index (Phi) is 9.47. The van der Waals surface area contributed by atoms with Gasteiger partial charge < -0.3 is 25.3 Å². The molecule has 0 heterocycles. The van der Waals surface area contributed by atoms with Crippen LogP contribution in [0.2, 0.25) is 0 Å². The zero-order chi connectivity index (χ0) is 18.9. The predicted octanol–water partition coefficient (Wildman–Crippen LogP) is 2.96. The quantitative estimate of drug-likeness (QED) is 0.639. The van der Waals surface area contributed by atoms with Crippen molar-refractivity contribution in [2.75, 3.05) is 27.4 Å². The predicted molar refractivity (Wildman–Crippen MR) is 108 cm³/mol. The molecule has 148 valence electrons. The first kappa shape index (κ1) is 22.6. The third-order valence-electron chi connectivity index (χ3n) is 4.13. The van der Waals surface area contributed by atoms with Crippen LogP contribution in [0, 0.1) is 5.92 Å². The molecule has 27 heavy (non-hydrogen) atoms. The summed E-state index contributed by atoms with van der Waals surface area (Å²) in [6.45, 7) is 2.53. The van der Waals surface area contributed by atoms with Crippen molar-refractivity contribution in [1.29, 1.82) is 0 Å². The Hall–Kier alpha value is -2.44.